The second-order valence-corrected chi connectivity index (χ2v) is 3.49. The van der Waals surface area contributed by atoms with E-state index in [-0.39, 0.29) is 23.7 Å². The number of likely N-dealkylation sites (N-methyl/N-ethyl adjacent to an activating group) is 1. The van der Waals surface area contributed by atoms with Crippen LogP contribution < -0.4 is 11.2 Å². The number of aliphatic hydroxyl groups is 1. The van der Waals surface area contributed by atoms with Gasteiger partial charge in [-0.3, -0.25) is 19.8 Å². The SMILES string of the molecule is CN(CCO)/N=N/c1nc2[nH]c(=O)[nH]c(=O)c2[nH]1. The van der Waals surface area contributed by atoms with Crippen molar-refractivity contribution in [2.45, 2.75) is 0 Å². The van der Waals surface area contributed by atoms with Crippen molar-refractivity contribution in [1.29, 1.82) is 0 Å². The number of rotatable bonds is 4. The molecule has 10 heteroatoms. The van der Waals surface area contributed by atoms with E-state index in [2.05, 4.69) is 30.3 Å². The molecule has 96 valence electrons. The third-order valence-corrected chi connectivity index (χ3v) is 2.09. The lowest BCUT2D eigenvalue weighted by atomic mass is 10.5. The fourth-order valence-corrected chi connectivity index (χ4v) is 1.28. The zero-order chi connectivity index (χ0) is 13.1. The number of aliphatic hydroxyl groups excluding tert-OH is 1. The molecule has 0 saturated heterocycles. The summed E-state index contributed by atoms with van der Waals surface area (Å²) in [5, 5.41) is 17.5. The van der Waals surface area contributed by atoms with Crippen LogP contribution in [0.3, 0.4) is 0 Å². The molecule has 2 aromatic heterocycles. The standard InChI is InChI=1S/C8H11N7O3/c1-15(2-3-16)14-13-7-9-4-5(10-7)11-8(18)12-6(4)17/h16H,2-3H2,1H3,(H3,9,10,11,12,17,18)/b14-13+. The van der Waals surface area contributed by atoms with Crippen LogP contribution in [0.15, 0.2) is 19.9 Å². The van der Waals surface area contributed by atoms with Gasteiger partial charge in [-0.2, -0.15) is 4.98 Å². The van der Waals surface area contributed by atoms with Gasteiger partial charge in [0.05, 0.1) is 13.2 Å². The molecule has 0 fully saturated rings. The molecule has 0 amide bonds. The van der Waals surface area contributed by atoms with E-state index in [9.17, 15) is 9.59 Å². The lowest BCUT2D eigenvalue weighted by molar-refractivity contribution is 0.219. The highest BCUT2D eigenvalue weighted by Crippen LogP contribution is 2.09. The van der Waals surface area contributed by atoms with Crippen molar-refractivity contribution in [1.82, 2.24) is 24.9 Å². The molecular formula is C8H11N7O3. The molecule has 10 nitrogen and oxygen atoms in total. The lowest BCUT2D eigenvalue weighted by Crippen LogP contribution is -2.21. The molecule has 0 bridgehead atoms. The summed E-state index contributed by atoms with van der Waals surface area (Å²) in [4.78, 5) is 33.3. The molecular weight excluding hydrogens is 242 g/mol. The maximum Gasteiger partial charge on any atom is 0.327 e. The Morgan fingerprint density at radius 3 is 2.83 bits per heavy atom. The third-order valence-electron chi connectivity index (χ3n) is 2.09. The summed E-state index contributed by atoms with van der Waals surface area (Å²) in [5.74, 6) is 0.0853. The maximum atomic E-state index is 11.4. The number of nitrogens with zero attached hydrogens (tertiary/aromatic N) is 4. The quantitative estimate of drug-likeness (QED) is 0.402. The van der Waals surface area contributed by atoms with Gasteiger partial charge in [-0.15, -0.1) is 0 Å². The van der Waals surface area contributed by atoms with Crippen LogP contribution >= 0.6 is 0 Å². The first-order valence-electron chi connectivity index (χ1n) is 5.06. The molecule has 0 aliphatic carbocycles. The molecule has 0 spiro atoms. The van der Waals surface area contributed by atoms with Gasteiger partial charge >= 0.3 is 5.69 Å². The molecule has 18 heavy (non-hydrogen) atoms. The summed E-state index contributed by atoms with van der Waals surface area (Å²) in [6.07, 6.45) is 0. The Kier molecular flexibility index (Phi) is 3.19. The Labute approximate surface area is 99.4 Å². The van der Waals surface area contributed by atoms with Crippen molar-refractivity contribution in [3.63, 3.8) is 0 Å². The van der Waals surface area contributed by atoms with E-state index in [0.717, 1.165) is 0 Å². The fourth-order valence-electron chi connectivity index (χ4n) is 1.28. The third kappa shape index (κ3) is 2.43. The number of aromatic amines is 3. The average molecular weight is 253 g/mol. The van der Waals surface area contributed by atoms with Crippen molar-refractivity contribution in [3.8, 4) is 0 Å². The molecule has 0 radical (unpaired) electrons. The Bertz CT molecular complexity index is 682. The molecule has 0 aromatic carbocycles. The molecule has 0 unspecified atom stereocenters. The molecule has 0 atom stereocenters. The number of aromatic nitrogens is 4. The van der Waals surface area contributed by atoms with E-state index in [0.29, 0.717) is 6.54 Å². The molecule has 0 aliphatic heterocycles. The molecule has 2 heterocycles. The van der Waals surface area contributed by atoms with Crippen molar-refractivity contribution in [2.24, 2.45) is 10.3 Å². The van der Waals surface area contributed by atoms with E-state index in [1.807, 2.05) is 0 Å². The summed E-state index contributed by atoms with van der Waals surface area (Å²) >= 11 is 0. The van der Waals surface area contributed by atoms with Crippen LogP contribution in [0.4, 0.5) is 5.95 Å². The fraction of sp³-hybridized carbons (Fsp3) is 0.375. The molecule has 0 aliphatic rings. The highest BCUT2D eigenvalue weighted by Gasteiger charge is 2.06. The van der Waals surface area contributed by atoms with Crippen LogP contribution in [-0.4, -0.2) is 50.3 Å². The van der Waals surface area contributed by atoms with E-state index >= 15 is 0 Å². The van der Waals surface area contributed by atoms with Gasteiger partial charge in [-0.25, -0.2) is 4.79 Å². The van der Waals surface area contributed by atoms with Gasteiger partial charge in [0.25, 0.3) is 11.5 Å². The molecule has 4 N–H and O–H groups in total. The number of fused-ring (bicyclic) bond motifs is 1. The van der Waals surface area contributed by atoms with Crippen molar-refractivity contribution in [2.75, 3.05) is 20.2 Å². The van der Waals surface area contributed by atoms with Crippen molar-refractivity contribution in [3.05, 3.63) is 20.8 Å². The molecule has 2 aromatic rings. The van der Waals surface area contributed by atoms with Crippen molar-refractivity contribution < 1.29 is 5.11 Å². The van der Waals surface area contributed by atoms with Gasteiger partial charge in [0.1, 0.15) is 0 Å². The van der Waals surface area contributed by atoms with Crippen LogP contribution in [0.1, 0.15) is 0 Å². The van der Waals surface area contributed by atoms with E-state index in [1.54, 1.807) is 7.05 Å². The Hall–Kier alpha value is -2.49. The Morgan fingerprint density at radius 1 is 1.33 bits per heavy atom. The predicted octanol–water partition coefficient (Wildman–Crippen LogP) is -1.14. The predicted molar refractivity (Wildman–Crippen MR) is 61.6 cm³/mol. The summed E-state index contributed by atoms with van der Waals surface area (Å²) in [6, 6.07) is 0. The highest BCUT2D eigenvalue weighted by atomic mass is 16.3. The number of nitrogens with one attached hydrogen (secondary N) is 3. The minimum absolute atomic E-state index is 0.0529. The number of H-pyrrole nitrogens is 3. The molecule has 0 saturated carbocycles. The highest BCUT2D eigenvalue weighted by molar-refractivity contribution is 5.70. The van der Waals surface area contributed by atoms with E-state index in [4.69, 9.17) is 5.11 Å². The Morgan fingerprint density at radius 2 is 2.11 bits per heavy atom. The van der Waals surface area contributed by atoms with Crippen LogP contribution in [0, 0.1) is 0 Å². The van der Waals surface area contributed by atoms with Gasteiger partial charge in [0.15, 0.2) is 11.2 Å². The first-order chi connectivity index (χ1) is 8.60. The monoisotopic (exact) mass is 253 g/mol. The number of hydrogen-bond donors (Lipinski definition) is 4. The summed E-state index contributed by atoms with van der Waals surface area (Å²) in [6.45, 7) is 0.268. The lowest BCUT2D eigenvalue weighted by Gasteiger charge is -2.06. The second kappa shape index (κ2) is 4.79. The van der Waals surface area contributed by atoms with Gasteiger partial charge in [-0.05, 0) is 0 Å². The smallest absolute Gasteiger partial charge is 0.327 e. The van der Waals surface area contributed by atoms with Gasteiger partial charge in [0.2, 0.25) is 0 Å². The minimum atomic E-state index is -0.639. The minimum Gasteiger partial charge on any atom is -0.394 e. The number of hydrogen-bond acceptors (Lipinski definition) is 6. The maximum absolute atomic E-state index is 11.4. The summed E-state index contributed by atoms with van der Waals surface area (Å²) in [5.41, 5.74) is -0.984. The van der Waals surface area contributed by atoms with Gasteiger partial charge < -0.3 is 10.1 Å². The zero-order valence-electron chi connectivity index (χ0n) is 9.47. The van der Waals surface area contributed by atoms with Crippen LogP contribution in [0.2, 0.25) is 0 Å². The topological polar surface area (TPSA) is 143 Å². The average Bonchev–Trinajstić information content (AvgIpc) is 2.70. The van der Waals surface area contributed by atoms with E-state index < -0.39 is 11.2 Å². The van der Waals surface area contributed by atoms with Crippen molar-refractivity contribution >= 4 is 17.1 Å². The van der Waals surface area contributed by atoms with Crippen LogP contribution in [0.25, 0.3) is 11.2 Å². The summed E-state index contributed by atoms with van der Waals surface area (Å²) < 4.78 is 0. The first kappa shape index (κ1) is 12.0. The normalized spacial score (nSPS) is 11.4. The van der Waals surface area contributed by atoms with Gasteiger partial charge in [-0.1, -0.05) is 10.3 Å². The Balaban J connectivity index is 2.34. The van der Waals surface area contributed by atoms with Gasteiger partial charge in [0, 0.05) is 7.05 Å². The molecule has 2 rings (SSSR count). The first-order valence-corrected chi connectivity index (χ1v) is 5.06. The second-order valence-electron chi connectivity index (χ2n) is 3.49. The number of imidazole rings is 1. The largest absolute Gasteiger partial charge is 0.394 e. The van der Waals surface area contributed by atoms with E-state index in [1.165, 1.54) is 5.01 Å². The zero-order valence-corrected chi connectivity index (χ0v) is 9.47. The van der Waals surface area contributed by atoms with Crippen LogP contribution in [-0.2, 0) is 0 Å². The summed E-state index contributed by atoms with van der Waals surface area (Å²) in [7, 11) is 1.62. The van der Waals surface area contributed by atoms with Crippen LogP contribution in [0.5, 0.6) is 0 Å².